The van der Waals surface area contributed by atoms with Crippen LogP contribution >= 0.6 is 36.2 Å². The highest BCUT2D eigenvalue weighted by Crippen LogP contribution is 2.30. The Morgan fingerprint density at radius 3 is 2.83 bits per heavy atom. The summed E-state index contributed by atoms with van der Waals surface area (Å²) in [4.78, 5) is 2.51. The van der Waals surface area contributed by atoms with Crippen LogP contribution in [0.25, 0.3) is 10.1 Å². The highest BCUT2D eigenvalue weighted by molar-refractivity contribution is 7.17. The fourth-order valence-electron chi connectivity index (χ4n) is 2.34. The molecular weight excluding hydrogens is 287 g/mol. The molecule has 2 heterocycles. The number of anilines is 1. The van der Waals surface area contributed by atoms with Gasteiger partial charge in [-0.1, -0.05) is 6.07 Å². The van der Waals surface area contributed by atoms with Crippen LogP contribution in [0.5, 0.6) is 0 Å². The van der Waals surface area contributed by atoms with Crippen LogP contribution in [-0.2, 0) is 0 Å². The van der Waals surface area contributed by atoms with Gasteiger partial charge in [-0.05, 0) is 36.5 Å². The van der Waals surface area contributed by atoms with Crippen LogP contribution in [0.15, 0.2) is 29.6 Å². The number of benzene rings is 1. The molecule has 0 spiro atoms. The van der Waals surface area contributed by atoms with Gasteiger partial charge in [0.25, 0.3) is 0 Å². The number of hydrogen-bond donors (Lipinski definition) is 1. The Labute approximate surface area is 124 Å². The summed E-state index contributed by atoms with van der Waals surface area (Å²) in [6.45, 7) is 4.54. The molecule has 0 aliphatic carbocycles. The predicted octanol–water partition coefficient (Wildman–Crippen LogP) is 3.54. The first-order valence-corrected chi connectivity index (χ1v) is 6.75. The summed E-state index contributed by atoms with van der Waals surface area (Å²) in [5.74, 6) is 0. The van der Waals surface area contributed by atoms with E-state index in [1.165, 1.54) is 28.7 Å². The van der Waals surface area contributed by atoms with Gasteiger partial charge >= 0.3 is 0 Å². The van der Waals surface area contributed by atoms with E-state index in [0.717, 1.165) is 19.6 Å². The molecule has 0 atom stereocenters. The van der Waals surface area contributed by atoms with E-state index in [1.807, 2.05) is 11.3 Å². The molecule has 0 unspecified atom stereocenters. The second kappa shape index (κ2) is 7.19. The van der Waals surface area contributed by atoms with Crippen molar-refractivity contribution in [2.45, 2.75) is 6.42 Å². The van der Waals surface area contributed by atoms with E-state index in [4.69, 9.17) is 0 Å². The number of halogens is 2. The quantitative estimate of drug-likeness (QED) is 0.867. The number of nitrogens with one attached hydrogen (secondary N) is 1. The molecule has 3 rings (SSSR count). The van der Waals surface area contributed by atoms with Gasteiger partial charge in [0.05, 0.1) is 0 Å². The lowest BCUT2D eigenvalue weighted by atomic mass is 10.2. The van der Waals surface area contributed by atoms with E-state index >= 15 is 0 Å². The van der Waals surface area contributed by atoms with Crippen molar-refractivity contribution in [2.24, 2.45) is 0 Å². The second-order valence-corrected chi connectivity index (χ2v) is 5.15. The molecule has 100 valence electrons. The Bertz CT molecular complexity index is 479. The SMILES string of the molecule is Cl.Cl.c1cc(N2CCCNCC2)c2ccsc2c1. The lowest BCUT2D eigenvalue weighted by Gasteiger charge is -2.23. The van der Waals surface area contributed by atoms with Gasteiger partial charge in [0.15, 0.2) is 0 Å². The third kappa shape index (κ3) is 3.09. The van der Waals surface area contributed by atoms with Crippen molar-refractivity contribution in [3.05, 3.63) is 29.6 Å². The Hall–Kier alpha value is -0.480. The zero-order valence-electron chi connectivity index (χ0n) is 10.1. The molecule has 1 aromatic heterocycles. The Balaban J connectivity index is 0.000000810. The first kappa shape index (κ1) is 15.6. The smallest absolute Gasteiger partial charge is 0.0454 e. The summed E-state index contributed by atoms with van der Waals surface area (Å²) in [5, 5.41) is 7.05. The van der Waals surface area contributed by atoms with Gasteiger partial charge in [-0.2, -0.15) is 0 Å². The Morgan fingerprint density at radius 2 is 1.94 bits per heavy atom. The molecule has 0 bridgehead atoms. The summed E-state index contributed by atoms with van der Waals surface area (Å²) in [6, 6.07) is 8.88. The van der Waals surface area contributed by atoms with Crippen LogP contribution in [0.2, 0.25) is 0 Å². The minimum atomic E-state index is 0. The third-order valence-electron chi connectivity index (χ3n) is 3.15. The van der Waals surface area contributed by atoms with Crippen molar-refractivity contribution in [3.63, 3.8) is 0 Å². The summed E-state index contributed by atoms with van der Waals surface area (Å²) >= 11 is 1.83. The van der Waals surface area contributed by atoms with Crippen molar-refractivity contribution >= 4 is 51.9 Å². The standard InChI is InChI=1S/C13H16N2S.2ClH/c1-3-12(11-5-10-16-13(11)4-1)15-8-2-6-14-7-9-15;;/h1,3-5,10,14H,2,6-9H2;2*1H. The van der Waals surface area contributed by atoms with Gasteiger partial charge in [0, 0.05) is 35.4 Å². The average molecular weight is 305 g/mol. The first-order chi connectivity index (χ1) is 7.95. The van der Waals surface area contributed by atoms with Crippen LogP contribution in [0, 0.1) is 0 Å². The molecule has 1 N–H and O–H groups in total. The molecule has 5 heteroatoms. The maximum Gasteiger partial charge on any atom is 0.0454 e. The Kier molecular flexibility index (Phi) is 6.22. The normalized spacial score (nSPS) is 15.7. The highest BCUT2D eigenvalue weighted by Gasteiger charge is 2.12. The molecular formula is C13H18Cl2N2S. The molecule has 18 heavy (non-hydrogen) atoms. The van der Waals surface area contributed by atoms with Gasteiger partial charge in [-0.25, -0.2) is 0 Å². The summed E-state index contributed by atoms with van der Waals surface area (Å²) in [6.07, 6.45) is 1.24. The predicted molar refractivity (Wildman–Crippen MR) is 86.0 cm³/mol. The lowest BCUT2D eigenvalue weighted by Crippen LogP contribution is -2.27. The number of hydrogen-bond acceptors (Lipinski definition) is 3. The minimum Gasteiger partial charge on any atom is -0.370 e. The van der Waals surface area contributed by atoms with Gasteiger partial charge in [-0.3, -0.25) is 0 Å². The molecule has 1 aliphatic heterocycles. The summed E-state index contributed by atoms with van der Waals surface area (Å²) < 4.78 is 1.40. The van der Waals surface area contributed by atoms with E-state index in [9.17, 15) is 0 Å². The van der Waals surface area contributed by atoms with E-state index in [2.05, 4.69) is 39.9 Å². The molecule has 1 aromatic carbocycles. The molecule has 0 saturated carbocycles. The Morgan fingerprint density at radius 1 is 1.06 bits per heavy atom. The lowest BCUT2D eigenvalue weighted by molar-refractivity contribution is 0.724. The topological polar surface area (TPSA) is 15.3 Å². The zero-order valence-corrected chi connectivity index (χ0v) is 12.5. The van der Waals surface area contributed by atoms with E-state index < -0.39 is 0 Å². The maximum absolute atomic E-state index is 3.45. The monoisotopic (exact) mass is 304 g/mol. The molecule has 1 fully saturated rings. The number of nitrogens with zero attached hydrogens (tertiary/aromatic N) is 1. The molecule has 0 radical (unpaired) electrons. The van der Waals surface area contributed by atoms with Crippen molar-refractivity contribution < 1.29 is 0 Å². The van der Waals surface area contributed by atoms with Crippen LogP contribution in [0.3, 0.4) is 0 Å². The van der Waals surface area contributed by atoms with Gasteiger partial charge in [0.1, 0.15) is 0 Å². The maximum atomic E-state index is 3.45. The van der Waals surface area contributed by atoms with Gasteiger partial charge < -0.3 is 10.2 Å². The van der Waals surface area contributed by atoms with E-state index in [-0.39, 0.29) is 24.8 Å². The molecule has 2 aromatic rings. The van der Waals surface area contributed by atoms with Crippen molar-refractivity contribution in [1.29, 1.82) is 0 Å². The van der Waals surface area contributed by atoms with Crippen LogP contribution in [-0.4, -0.2) is 26.2 Å². The summed E-state index contributed by atoms with van der Waals surface area (Å²) in [7, 11) is 0. The number of rotatable bonds is 1. The second-order valence-electron chi connectivity index (χ2n) is 4.20. The average Bonchev–Trinajstić information content (AvgIpc) is 2.63. The minimum absolute atomic E-state index is 0. The van der Waals surface area contributed by atoms with Crippen molar-refractivity contribution in [1.82, 2.24) is 5.32 Å². The van der Waals surface area contributed by atoms with E-state index in [1.54, 1.807) is 0 Å². The van der Waals surface area contributed by atoms with Gasteiger partial charge in [-0.15, -0.1) is 36.2 Å². The van der Waals surface area contributed by atoms with Crippen molar-refractivity contribution in [2.75, 3.05) is 31.1 Å². The van der Waals surface area contributed by atoms with Crippen LogP contribution < -0.4 is 10.2 Å². The highest BCUT2D eigenvalue weighted by atomic mass is 35.5. The van der Waals surface area contributed by atoms with Crippen molar-refractivity contribution in [3.8, 4) is 0 Å². The number of fused-ring (bicyclic) bond motifs is 1. The number of thiophene rings is 1. The summed E-state index contributed by atoms with van der Waals surface area (Å²) in [5.41, 5.74) is 1.41. The van der Waals surface area contributed by atoms with E-state index in [0.29, 0.717) is 0 Å². The van der Waals surface area contributed by atoms with Crippen LogP contribution in [0.1, 0.15) is 6.42 Å². The third-order valence-corrected chi connectivity index (χ3v) is 4.04. The fourth-order valence-corrected chi connectivity index (χ4v) is 3.15. The largest absolute Gasteiger partial charge is 0.370 e. The molecule has 0 amide bonds. The molecule has 1 aliphatic rings. The van der Waals surface area contributed by atoms with Crippen LogP contribution in [0.4, 0.5) is 5.69 Å². The van der Waals surface area contributed by atoms with Gasteiger partial charge in [0.2, 0.25) is 0 Å². The molecule has 1 saturated heterocycles. The fraction of sp³-hybridized carbons (Fsp3) is 0.385. The molecule has 2 nitrogen and oxygen atoms in total. The zero-order chi connectivity index (χ0) is 10.8. The first-order valence-electron chi connectivity index (χ1n) is 5.87.